The molecule has 0 aliphatic rings. The van der Waals surface area contributed by atoms with Crippen molar-refractivity contribution in [3.05, 3.63) is 62.0 Å². The van der Waals surface area contributed by atoms with Crippen LogP contribution in [0.25, 0.3) is 0 Å². The second-order valence-electron chi connectivity index (χ2n) is 3.56. The van der Waals surface area contributed by atoms with Gasteiger partial charge in [-0.25, -0.2) is 0 Å². The quantitative estimate of drug-likeness (QED) is 0.759. The Hall–Kier alpha value is -0.840. The van der Waals surface area contributed by atoms with Gasteiger partial charge < -0.3 is 5.32 Å². The zero-order valence-electron chi connectivity index (χ0n) is 9.08. The third-order valence-electron chi connectivity index (χ3n) is 2.30. The summed E-state index contributed by atoms with van der Waals surface area (Å²) in [7, 11) is 0. The molecule has 0 aliphatic carbocycles. The first-order valence-electron chi connectivity index (χ1n) is 5.09. The van der Waals surface area contributed by atoms with Crippen LogP contribution < -0.4 is 5.32 Å². The number of hydrogen-bond donors (Lipinski definition) is 1. The molecule has 1 amide bonds. The van der Waals surface area contributed by atoms with Gasteiger partial charge >= 0.3 is 0 Å². The van der Waals surface area contributed by atoms with Gasteiger partial charge in [-0.2, -0.15) is 0 Å². The highest BCUT2D eigenvalue weighted by molar-refractivity contribution is 9.11. The van der Waals surface area contributed by atoms with E-state index in [1.165, 1.54) is 0 Å². The molecule has 92 valence electrons. The van der Waals surface area contributed by atoms with Gasteiger partial charge in [0.25, 0.3) is 5.91 Å². The van der Waals surface area contributed by atoms with Crippen molar-refractivity contribution in [3.8, 4) is 0 Å². The lowest BCUT2D eigenvalue weighted by Crippen LogP contribution is -2.12. The lowest BCUT2D eigenvalue weighted by Gasteiger charge is -2.08. The fourth-order valence-corrected chi connectivity index (χ4v) is 2.67. The van der Waals surface area contributed by atoms with Crippen molar-refractivity contribution < 1.29 is 4.79 Å². The normalized spacial score (nSPS) is 10.2. The molecular formula is C13H8Br2ClNO. The maximum Gasteiger partial charge on any atom is 0.256 e. The number of hydrogen-bond acceptors (Lipinski definition) is 1. The number of nitrogens with one attached hydrogen (secondary N) is 1. The van der Waals surface area contributed by atoms with E-state index in [2.05, 4.69) is 37.2 Å². The van der Waals surface area contributed by atoms with E-state index in [4.69, 9.17) is 11.6 Å². The molecule has 1 N–H and O–H groups in total. The van der Waals surface area contributed by atoms with Crippen LogP contribution in [0.4, 0.5) is 5.69 Å². The van der Waals surface area contributed by atoms with Crippen LogP contribution >= 0.6 is 43.5 Å². The second kappa shape index (κ2) is 5.87. The summed E-state index contributed by atoms with van der Waals surface area (Å²) in [6.07, 6.45) is 0. The van der Waals surface area contributed by atoms with Gasteiger partial charge in [0.05, 0.1) is 11.3 Å². The second-order valence-corrected chi connectivity index (χ2v) is 5.70. The van der Waals surface area contributed by atoms with Crippen molar-refractivity contribution in [1.82, 2.24) is 0 Å². The van der Waals surface area contributed by atoms with E-state index < -0.39 is 0 Å². The number of carbonyl (C=O) groups is 1. The number of halogens is 3. The summed E-state index contributed by atoms with van der Waals surface area (Å²) < 4.78 is 1.50. The minimum atomic E-state index is -0.175. The molecule has 18 heavy (non-hydrogen) atoms. The van der Waals surface area contributed by atoms with E-state index in [0.717, 1.165) is 8.95 Å². The Labute approximate surface area is 127 Å². The zero-order valence-corrected chi connectivity index (χ0v) is 13.0. The van der Waals surface area contributed by atoms with Crippen LogP contribution in [0.1, 0.15) is 10.4 Å². The standard InChI is InChI=1S/C13H8Br2ClNO/c14-10-4-2-1-3-9(10)13(18)17-12-6-5-8(16)7-11(12)15/h1-7H,(H,17,18). The first kappa shape index (κ1) is 13.6. The third-order valence-corrected chi connectivity index (χ3v) is 3.88. The van der Waals surface area contributed by atoms with Crippen LogP contribution in [0, 0.1) is 0 Å². The summed E-state index contributed by atoms with van der Waals surface area (Å²) in [6.45, 7) is 0. The molecule has 0 fully saturated rings. The van der Waals surface area contributed by atoms with E-state index in [0.29, 0.717) is 16.3 Å². The Morgan fingerprint density at radius 2 is 1.78 bits per heavy atom. The zero-order chi connectivity index (χ0) is 13.1. The Kier molecular flexibility index (Phi) is 4.43. The highest BCUT2D eigenvalue weighted by atomic mass is 79.9. The summed E-state index contributed by atoms with van der Waals surface area (Å²) in [5, 5.41) is 3.43. The van der Waals surface area contributed by atoms with Crippen molar-refractivity contribution in [3.63, 3.8) is 0 Å². The van der Waals surface area contributed by atoms with Crippen LogP contribution in [0.5, 0.6) is 0 Å². The lowest BCUT2D eigenvalue weighted by atomic mass is 10.2. The molecule has 2 nitrogen and oxygen atoms in total. The van der Waals surface area contributed by atoms with Crippen LogP contribution in [-0.4, -0.2) is 5.91 Å². The molecule has 2 aromatic rings. The van der Waals surface area contributed by atoms with Crippen molar-refractivity contribution in [2.24, 2.45) is 0 Å². The van der Waals surface area contributed by atoms with Crippen LogP contribution in [0.15, 0.2) is 51.4 Å². The van der Waals surface area contributed by atoms with Crippen molar-refractivity contribution in [2.45, 2.75) is 0 Å². The number of carbonyl (C=O) groups excluding carboxylic acids is 1. The predicted molar refractivity (Wildman–Crippen MR) is 81.2 cm³/mol. The number of rotatable bonds is 2. The maximum atomic E-state index is 12.1. The molecule has 0 atom stereocenters. The average molecular weight is 389 g/mol. The topological polar surface area (TPSA) is 29.1 Å². The van der Waals surface area contributed by atoms with Gasteiger partial charge in [-0.05, 0) is 62.2 Å². The fraction of sp³-hybridized carbons (Fsp3) is 0. The number of benzene rings is 2. The molecule has 0 saturated heterocycles. The third kappa shape index (κ3) is 3.13. The van der Waals surface area contributed by atoms with Crippen molar-refractivity contribution in [1.29, 1.82) is 0 Å². The molecule has 0 heterocycles. The molecule has 0 radical (unpaired) electrons. The minimum Gasteiger partial charge on any atom is -0.321 e. The summed E-state index contributed by atoms with van der Waals surface area (Å²) in [5.41, 5.74) is 1.26. The molecule has 0 bridgehead atoms. The molecule has 0 spiro atoms. The van der Waals surface area contributed by atoms with Crippen molar-refractivity contribution >= 4 is 55.1 Å². The van der Waals surface area contributed by atoms with E-state index in [-0.39, 0.29) is 5.91 Å². The van der Waals surface area contributed by atoms with Crippen molar-refractivity contribution in [2.75, 3.05) is 5.32 Å². The average Bonchev–Trinajstić information content (AvgIpc) is 2.33. The Bertz CT molecular complexity index is 601. The van der Waals surface area contributed by atoms with E-state index >= 15 is 0 Å². The summed E-state index contributed by atoms with van der Waals surface area (Å²) in [6, 6.07) is 12.5. The number of anilines is 1. The van der Waals surface area contributed by atoms with Gasteiger partial charge in [0.2, 0.25) is 0 Å². The van der Waals surface area contributed by atoms with E-state index in [1.807, 2.05) is 18.2 Å². The molecule has 0 unspecified atom stereocenters. The summed E-state index contributed by atoms with van der Waals surface area (Å²) >= 11 is 12.5. The van der Waals surface area contributed by atoms with Gasteiger partial charge in [0, 0.05) is 14.0 Å². The molecule has 5 heteroatoms. The molecule has 2 rings (SSSR count). The molecule has 0 aromatic heterocycles. The van der Waals surface area contributed by atoms with E-state index in [1.54, 1.807) is 24.3 Å². The first-order valence-corrected chi connectivity index (χ1v) is 7.05. The largest absolute Gasteiger partial charge is 0.321 e. The highest BCUT2D eigenvalue weighted by Gasteiger charge is 2.11. The lowest BCUT2D eigenvalue weighted by molar-refractivity contribution is 0.102. The van der Waals surface area contributed by atoms with Gasteiger partial charge in [-0.1, -0.05) is 23.7 Å². The molecule has 0 saturated carbocycles. The Morgan fingerprint density at radius 3 is 2.44 bits per heavy atom. The maximum absolute atomic E-state index is 12.1. The molecular weight excluding hydrogens is 381 g/mol. The summed E-state index contributed by atoms with van der Waals surface area (Å²) in [5.74, 6) is -0.175. The highest BCUT2D eigenvalue weighted by Crippen LogP contribution is 2.27. The molecule has 2 aromatic carbocycles. The Balaban J connectivity index is 2.24. The van der Waals surface area contributed by atoms with Gasteiger partial charge in [0.1, 0.15) is 0 Å². The summed E-state index contributed by atoms with van der Waals surface area (Å²) in [4.78, 5) is 12.1. The van der Waals surface area contributed by atoms with Gasteiger partial charge in [-0.3, -0.25) is 4.79 Å². The predicted octanol–water partition coefficient (Wildman–Crippen LogP) is 5.12. The smallest absolute Gasteiger partial charge is 0.256 e. The van der Waals surface area contributed by atoms with Crippen LogP contribution in [0.2, 0.25) is 5.02 Å². The SMILES string of the molecule is O=C(Nc1ccc(Cl)cc1Br)c1ccccc1Br. The Morgan fingerprint density at radius 1 is 1.06 bits per heavy atom. The number of amides is 1. The first-order chi connectivity index (χ1) is 8.58. The van der Waals surface area contributed by atoms with E-state index in [9.17, 15) is 4.79 Å². The minimum absolute atomic E-state index is 0.175. The monoisotopic (exact) mass is 387 g/mol. The van der Waals surface area contributed by atoms with Crippen LogP contribution in [-0.2, 0) is 0 Å². The fourth-order valence-electron chi connectivity index (χ4n) is 1.43. The van der Waals surface area contributed by atoms with Gasteiger partial charge in [-0.15, -0.1) is 0 Å². The van der Waals surface area contributed by atoms with Crippen LogP contribution in [0.3, 0.4) is 0 Å². The molecule has 0 aliphatic heterocycles. The van der Waals surface area contributed by atoms with Gasteiger partial charge in [0.15, 0.2) is 0 Å².